The molecule has 0 saturated heterocycles. The molecule has 0 amide bonds. The first-order chi connectivity index (χ1) is 30.3. The van der Waals surface area contributed by atoms with Gasteiger partial charge >= 0.3 is 0 Å². The van der Waals surface area contributed by atoms with E-state index < -0.39 is 10.8 Å². The van der Waals surface area contributed by atoms with Gasteiger partial charge in [0.05, 0.1) is 10.8 Å². The van der Waals surface area contributed by atoms with E-state index >= 15 is 0 Å². The van der Waals surface area contributed by atoms with Crippen LogP contribution in [0.3, 0.4) is 0 Å². The molecule has 282 valence electrons. The van der Waals surface area contributed by atoms with Gasteiger partial charge in [-0.3, -0.25) is 0 Å². The minimum absolute atomic E-state index is 0.556. The van der Waals surface area contributed by atoms with Gasteiger partial charge in [0.2, 0.25) is 0 Å². The number of thiophene rings is 1. The summed E-state index contributed by atoms with van der Waals surface area (Å²) in [6, 6.07) is 73.8. The van der Waals surface area contributed by atoms with E-state index in [2.05, 4.69) is 194 Å². The van der Waals surface area contributed by atoms with Gasteiger partial charge in [0.1, 0.15) is 0 Å². The number of nitrogens with zero attached hydrogens (tertiary/aromatic N) is 3. The lowest BCUT2D eigenvalue weighted by Crippen LogP contribution is -2.54. The highest BCUT2D eigenvalue weighted by molar-refractivity contribution is 7.26. The monoisotopic (exact) mass is 791 g/mol. The zero-order chi connectivity index (χ0) is 39.9. The first-order valence-corrected chi connectivity index (χ1v) is 21.8. The van der Waals surface area contributed by atoms with Gasteiger partial charge in [-0.2, -0.15) is 0 Å². The molecule has 0 spiro atoms. The summed E-state index contributed by atoms with van der Waals surface area (Å²) in [6.07, 6.45) is 0. The maximum atomic E-state index is 5.46. The van der Waals surface area contributed by atoms with E-state index in [0.717, 1.165) is 22.1 Å². The second-order valence-electron chi connectivity index (χ2n) is 16.5. The Labute approximate surface area is 356 Å². The predicted molar refractivity (Wildman–Crippen MR) is 250 cm³/mol. The number of hydrogen-bond donors (Lipinski definition) is 0. The molecule has 11 aromatic rings. The molecule has 0 unspecified atom stereocenters. The van der Waals surface area contributed by atoms with Crippen LogP contribution in [0, 0.1) is 0 Å². The Bertz CT molecular complexity index is 3480. The van der Waals surface area contributed by atoms with Crippen molar-refractivity contribution in [1.29, 1.82) is 0 Å². The van der Waals surface area contributed by atoms with E-state index in [1.807, 2.05) is 6.07 Å². The normalized spacial score (nSPS) is 17.6. The minimum atomic E-state index is -0.556. The largest absolute Gasteiger partial charge is 0.208 e. The third kappa shape index (κ3) is 4.06. The third-order valence-corrected chi connectivity index (χ3v) is 15.1. The SMILES string of the molecule is c1ccc(-c2nc(-c3ccc4c5c(cccc35)C35c6ccccc6-c6ccccc6C43c3ccccc3-c3ccccc35)nc(-c3cccc4c3sc3ccccc34)n2)cc1. The van der Waals surface area contributed by atoms with Crippen LogP contribution in [0.2, 0.25) is 0 Å². The van der Waals surface area contributed by atoms with Crippen LogP contribution in [0.15, 0.2) is 200 Å². The number of hydrogen-bond acceptors (Lipinski definition) is 4. The van der Waals surface area contributed by atoms with Gasteiger partial charge in [-0.15, -0.1) is 11.3 Å². The third-order valence-electron chi connectivity index (χ3n) is 13.9. The van der Waals surface area contributed by atoms with Gasteiger partial charge in [-0.25, -0.2) is 15.0 Å². The van der Waals surface area contributed by atoms with Crippen molar-refractivity contribution >= 4 is 42.3 Å². The molecule has 0 atom stereocenters. The lowest BCUT2D eigenvalue weighted by Gasteiger charge is -2.56. The molecule has 3 nitrogen and oxygen atoms in total. The Hall–Kier alpha value is -7.53. The Morgan fingerprint density at radius 3 is 1.38 bits per heavy atom. The zero-order valence-electron chi connectivity index (χ0n) is 32.8. The second kappa shape index (κ2) is 12.0. The minimum Gasteiger partial charge on any atom is -0.208 e. The lowest BCUT2D eigenvalue weighted by molar-refractivity contribution is 0.432. The summed E-state index contributed by atoms with van der Waals surface area (Å²) in [5, 5.41) is 4.89. The fraction of sp³-hybridized carbons (Fsp3) is 0.0351. The van der Waals surface area contributed by atoms with Crippen LogP contribution in [0.1, 0.15) is 33.4 Å². The molecule has 0 radical (unpaired) electrons. The van der Waals surface area contributed by atoms with Gasteiger partial charge in [0, 0.05) is 36.9 Å². The highest BCUT2D eigenvalue weighted by Crippen LogP contribution is 2.74. The molecule has 9 aromatic carbocycles. The highest BCUT2D eigenvalue weighted by Gasteiger charge is 2.67. The molecule has 0 N–H and O–H groups in total. The van der Waals surface area contributed by atoms with E-state index in [1.54, 1.807) is 11.3 Å². The number of aromatic nitrogens is 3. The quantitative estimate of drug-likeness (QED) is 0.179. The highest BCUT2D eigenvalue weighted by atomic mass is 32.1. The maximum Gasteiger partial charge on any atom is 0.165 e. The summed E-state index contributed by atoms with van der Waals surface area (Å²) in [5.41, 5.74) is 15.0. The molecular formula is C57H33N3S. The summed E-state index contributed by atoms with van der Waals surface area (Å²) in [4.78, 5) is 16.1. The van der Waals surface area contributed by atoms with Crippen LogP contribution >= 0.6 is 11.3 Å². The van der Waals surface area contributed by atoms with Crippen molar-refractivity contribution in [3.05, 3.63) is 234 Å². The van der Waals surface area contributed by atoms with Crippen molar-refractivity contribution in [2.45, 2.75) is 10.8 Å². The van der Waals surface area contributed by atoms with Gasteiger partial charge < -0.3 is 0 Å². The van der Waals surface area contributed by atoms with E-state index in [1.165, 1.54) is 81.2 Å². The standard InChI is InChI=1S/C57H33N3S/c1-2-16-34(17-3-1)53-58-54(60-55(59-53)43-25-14-24-41-39-22-8-13-31-50(39)61-52(41)43)42-32-33-49-51-40(42)23-15-30-48(51)56-44-26-9-4-18-35(44)37-20-6-11-28-46(37)57(49,56)47-29-12-7-21-38(47)36-19-5-10-27-45(36)56/h1-33H. The number of benzene rings is 9. The lowest BCUT2D eigenvalue weighted by atomic mass is 9.43. The number of rotatable bonds is 3. The summed E-state index contributed by atoms with van der Waals surface area (Å²) >= 11 is 1.80. The summed E-state index contributed by atoms with van der Waals surface area (Å²) < 4.78 is 2.43. The molecule has 14 rings (SSSR count). The van der Waals surface area contributed by atoms with Crippen molar-refractivity contribution < 1.29 is 0 Å². The molecule has 0 bridgehead atoms. The molecule has 61 heavy (non-hydrogen) atoms. The van der Waals surface area contributed by atoms with Crippen LogP contribution in [0.4, 0.5) is 0 Å². The summed E-state index contributed by atoms with van der Waals surface area (Å²) in [6.45, 7) is 0. The van der Waals surface area contributed by atoms with Crippen LogP contribution < -0.4 is 0 Å². The first kappa shape index (κ1) is 33.3. The smallest absolute Gasteiger partial charge is 0.165 e. The Morgan fingerprint density at radius 2 is 0.738 bits per heavy atom. The molecule has 2 aromatic heterocycles. The van der Waals surface area contributed by atoms with E-state index in [-0.39, 0.29) is 0 Å². The van der Waals surface area contributed by atoms with Crippen molar-refractivity contribution in [1.82, 2.24) is 15.0 Å². The van der Waals surface area contributed by atoms with Crippen LogP contribution in [-0.2, 0) is 10.8 Å². The molecular weight excluding hydrogens is 759 g/mol. The van der Waals surface area contributed by atoms with Crippen LogP contribution in [0.25, 0.3) is 87.4 Å². The van der Waals surface area contributed by atoms with Crippen molar-refractivity contribution in [3.8, 4) is 56.4 Å². The van der Waals surface area contributed by atoms with Gasteiger partial charge in [-0.05, 0) is 78.5 Å². The van der Waals surface area contributed by atoms with Gasteiger partial charge in [0.25, 0.3) is 0 Å². The molecule has 3 aliphatic rings. The molecule has 2 heterocycles. The predicted octanol–water partition coefficient (Wildman–Crippen LogP) is 14.0. The van der Waals surface area contributed by atoms with Gasteiger partial charge in [0.15, 0.2) is 17.5 Å². The van der Waals surface area contributed by atoms with Crippen LogP contribution in [-0.4, -0.2) is 15.0 Å². The fourth-order valence-electron chi connectivity index (χ4n) is 11.7. The van der Waals surface area contributed by atoms with E-state index in [9.17, 15) is 0 Å². The van der Waals surface area contributed by atoms with Crippen molar-refractivity contribution in [3.63, 3.8) is 0 Å². The molecule has 3 aliphatic carbocycles. The van der Waals surface area contributed by atoms with Crippen molar-refractivity contribution in [2.75, 3.05) is 0 Å². The summed E-state index contributed by atoms with van der Waals surface area (Å²) in [5.74, 6) is 2.00. The Morgan fingerprint density at radius 1 is 0.295 bits per heavy atom. The average Bonchev–Trinajstić information content (AvgIpc) is 3.86. The zero-order valence-corrected chi connectivity index (χ0v) is 33.6. The van der Waals surface area contributed by atoms with E-state index in [4.69, 9.17) is 15.0 Å². The molecule has 0 fully saturated rings. The second-order valence-corrected chi connectivity index (χ2v) is 17.6. The number of fused-ring (bicyclic) bond motifs is 9. The molecule has 0 saturated carbocycles. The van der Waals surface area contributed by atoms with Crippen molar-refractivity contribution in [2.24, 2.45) is 0 Å². The Kier molecular flexibility index (Phi) is 6.57. The maximum absolute atomic E-state index is 5.46. The average molecular weight is 792 g/mol. The first-order valence-electron chi connectivity index (χ1n) is 20.9. The topological polar surface area (TPSA) is 38.7 Å². The summed E-state index contributed by atoms with van der Waals surface area (Å²) in [7, 11) is 0. The molecule has 4 heteroatoms. The molecule has 0 aliphatic heterocycles. The van der Waals surface area contributed by atoms with Crippen LogP contribution in [0.5, 0.6) is 0 Å². The fourth-order valence-corrected chi connectivity index (χ4v) is 13.0. The van der Waals surface area contributed by atoms with Gasteiger partial charge in [-0.1, -0.05) is 188 Å². The Balaban J connectivity index is 1.12. The van der Waals surface area contributed by atoms with E-state index in [0.29, 0.717) is 17.5 Å².